The Balaban J connectivity index is 1.84. The second-order valence-electron chi connectivity index (χ2n) is 8.08. The molecule has 4 rings (SSSR count). The summed E-state index contributed by atoms with van der Waals surface area (Å²) in [6, 6.07) is 11.3. The number of aromatic amines is 1. The van der Waals surface area contributed by atoms with E-state index in [4.69, 9.17) is 5.26 Å². The molecule has 1 aliphatic rings. The molecule has 11 heteroatoms. The summed E-state index contributed by atoms with van der Waals surface area (Å²) in [6.45, 7) is 3.14. The second-order valence-corrected chi connectivity index (χ2v) is 9.90. The fourth-order valence-electron chi connectivity index (χ4n) is 4.38. The van der Waals surface area contributed by atoms with Gasteiger partial charge in [0.05, 0.1) is 27.7 Å². The quantitative estimate of drug-likeness (QED) is 0.414. The Morgan fingerprint density at radius 1 is 1.30 bits per heavy atom. The van der Waals surface area contributed by atoms with Gasteiger partial charge in [-0.25, -0.2) is 13.4 Å². The highest BCUT2D eigenvalue weighted by molar-refractivity contribution is 7.93. The van der Waals surface area contributed by atoms with Crippen molar-refractivity contribution in [2.45, 2.75) is 43.2 Å². The minimum absolute atomic E-state index is 0.0265. The van der Waals surface area contributed by atoms with Gasteiger partial charge in [0.1, 0.15) is 17.5 Å². The number of fused-ring (bicyclic) bond motifs is 1. The first-order valence-corrected chi connectivity index (χ1v) is 12.1. The van der Waals surface area contributed by atoms with E-state index >= 15 is 0 Å². The van der Waals surface area contributed by atoms with Crippen LogP contribution in [0.4, 0.5) is 11.4 Å². The number of aromatic nitrogens is 2. The molecule has 0 bridgehead atoms. The summed E-state index contributed by atoms with van der Waals surface area (Å²) in [5.41, 5.74) is 0.0458. The Morgan fingerprint density at radius 2 is 2.00 bits per heavy atom. The van der Waals surface area contributed by atoms with E-state index in [2.05, 4.69) is 20.9 Å². The number of nitrogens with zero attached hydrogens (tertiary/aromatic N) is 5. The molecular weight excluding hydrogens is 444 g/mol. The fourth-order valence-corrected chi connectivity index (χ4v) is 6.14. The summed E-state index contributed by atoms with van der Waals surface area (Å²) in [5.74, 6) is 0. The van der Waals surface area contributed by atoms with Crippen LogP contribution < -0.4 is 4.31 Å². The molecule has 1 unspecified atom stereocenters. The lowest BCUT2D eigenvalue weighted by molar-refractivity contribution is -0.384. The van der Waals surface area contributed by atoms with Crippen LogP contribution in [0.3, 0.4) is 0 Å². The predicted molar refractivity (Wildman–Crippen MR) is 123 cm³/mol. The van der Waals surface area contributed by atoms with E-state index in [1.165, 1.54) is 16.4 Å². The van der Waals surface area contributed by atoms with Gasteiger partial charge < -0.3 is 4.98 Å². The zero-order valence-electron chi connectivity index (χ0n) is 18.1. The largest absolute Gasteiger partial charge is 0.346 e. The van der Waals surface area contributed by atoms with E-state index in [1.54, 1.807) is 30.5 Å². The lowest BCUT2D eigenvalue weighted by Gasteiger charge is -2.40. The van der Waals surface area contributed by atoms with Crippen LogP contribution >= 0.6 is 0 Å². The van der Waals surface area contributed by atoms with E-state index in [0.29, 0.717) is 43.4 Å². The first-order valence-electron chi connectivity index (χ1n) is 10.7. The third-order valence-corrected chi connectivity index (χ3v) is 7.96. The Morgan fingerprint density at radius 3 is 2.64 bits per heavy atom. The van der Waals surface area contributed by atoms with E-state index < -0.39 is 21.0 Å². The summed E-state index contributed by atoms with van der Waals surface area (Å²) in [7, 11) is -4.11. The first-order chi connectivity index (χ1) is 15.8. The highest BCUT2D eigenvalue weighted by Gasteiger charge is 2.39. The number of piperidine rings is 1. The van der Waals surface area contributed by atoms with Crippen LogP contribution in [0.25, 0.3) is 11.0 Å². The molecule has 0 aliphatic carbocycles. The molecular formula is C22H24N6O4S. The molecule has 1 aromatic carbocycles. The minimum Gasteiger partial charge on any atom is -0.346 e. The molecule has 1 fully saturated rings. The van der Waals surface area contributed by atoms with Crippen molar-refractivity contribution in [3.8, 4) is 6.07 Å². The fraction of sp³-hybridized carbons (Fsp3) is 0.364. The number of H-pyrrole nitrogens is 1. The second kappa shape index (κ2) is 9.17. The average molecular weight is 469 g/mol. The van der Waals surface area contributed by atoms with Crippen LogP contribution in [0.1, 0.15) is 26.2 Å². The standard InChI is InChI=1S/C22H24N6O4S/c1-16(7-11-23)26-13-9-17(10-14-26)27(33(31,32)18-5-3-2-4-6-18)21-19-8-12-24-22(19)25-15-20(21)28(29)30/h2-6,8,12,15-17H,7,9-10,13-14H2,1H3,(H,24,25). The summed E-state index contributed by atoms with van der Waals surface area (Å²) in [5, 5.41) is 21.3. The van der Waals surface area contributed by atoms with Crippen molar-refractivity contribution in [3.05, 3.63) is 58.9 Å². The van der Waals surface area contributed by atoms with Gasteiger partial charge in [0, 0.05) is 31.4 Å². The van der Waals surface area contributed by atoms with E-state index in [9.17, 15) is 18.5 Å². The lowest BCUT2D eigenvalue weighted by Crippen LogP contribution is -2.49. The van der Waals surface area contributed by atoms with Gasteiger partial charge in [0.25, 0.3) is 10.0 Å². The number of anilines is 1. The maximum Gasteiger partial charge on any atom is 0.312 e. The highest BCUT2D eigenvalue weighted by Crippen LogP contribution is 2.40. The number of pyridine rings is 1. The molecule has 3 aromatic rings. The minimum atomic E-state index is -4.11. The van der Waals surface area contributed by atoms with Gasteiger partial charge in [-0.15, -0.1) is 0 Å². The van der Waals surface area contributed by atoms with Crippen LogP contribution in [0.2, 0.25) is 0 Å². The molecule has 0 amide bonds. The van der Waals surface area contributed by atoms with Gasteiger partial charge in [-0.05, 0) is 38.0 Å². The van der Waals surface area contributed by atoms with E-state index in [-0.39, 0.29) is 22.3 Å². The Bertz CT molecular complexity index is 1290. The summed E-state index contributed by atoms with van der Waals surface area (Å²) in [6.07, 6.45) is 4.03. The Hall–Kier alpha value is -3.49. The lowest BCUT2D eigenvalue weighted by atomic mass is 10.0. The van der Waals surface area contributed by atoms with Gasteiger partial charge in [-0.2, -0.15) is 5.26 Å². The smallest absolute Gasteiger partial charge is 0.312 e. The predicted octanol–water partition coefficient (Wildman–Crippen LogP) is 3.43. The van der Waals surface area contributed by atoms with Gasteiger partial charge in [-0.1, -0.05) is 18.2 Å². The van der Waals surface area contributed by atoms with Crippen molar-refractivity contribution in [2.75, 3.05) is 17.4 Å². The zero-order chi connectivity index (χ0) is 23.6. The highest BCUT2D eigenvalue weighted by atomic mass is 32.2. The number of nitrogens with one attached hydrogen (secondary N) is 1. The molecule has 1 aliphatic heterocycles. The number of benzene rings is 1. The van der Waals surface area contributed by atoms with Crippen LogP contribution in [-0.4, -0.2) is 53.4 Å². The van der Waals surface area contributed by atoms with Crippen molar-refractivity contribution in [1.82, 2.24) is 14.9 Å². The Labute approximate surface area is 191 Å². The third-order valence-electron chi connectivity index (χ3n) is 6.10. The normalized spacial score (nSPS) is 16.4. The summed E-state index contributed by atoms with van der Waals surface area (Å²) in [4.78, 5) is 20.6. The molecule has 0 radical (unpaired) electrons. The number of hydrogen-bond acceptors (Lipinski definition) is 7. The van der Waals surface area contributed by atoms with Crippen molar-refractivity contribution >= 4 is 32.4 Å². The van der Waals surface area contributed by atoms with Crippen LogP contribution in [-0.2, 0) is 10.0 Å². The number of sulfonamides is 1. The molecule has 1 N–H and O–H groups in total. The molecule has 10 nitrogen and oxygen atoms in total. The number of nitro groups is 1. The maximum absolute atomic E-state index is 13.9. The molecule has 3 heterocycles. The third kappa shape index (κ3) is 4.27. The van der Waals surface area contributed by atoms with Crippen molar-refractivity contribution in [2.24, 2.45) is 0 Å². The zero-order valence-corrected chi connectivity index (χ0v) is 18.9. The van der Waals surface area contributed by atoms with E-state index in [0.717, 1.165) is 6.20 Å². The van der Waals surface area contributed by atoms with E-state index in [1.807, 2.05) is 6.92 Å². The summed E-state index contributed by atoms with van der Waals surface area (Å²) < 4.78 is 29.0. The topological polar surface area (TPSA) is 136 Å². The number of rotatable bonds is 7. The maximum atomic E-state index is 13.9. The molecule has 0 saturated carbocycles. The molecule has 1 atom stereocenters. The SMILES string of the molecule is CC(CC#N)N1CCC(N(c2c([N+](=O)[O-])cnc3[nH]ccc23)S(=O)(=O)c2ccccc2)CC1. The Kier molecular flexibility index (Phi) is 6.31. The van der Waals surface area contributed by atoms with Crippen LogP contribution in [0, 0.1) is 21.4 Å². The van der Waals surface area contributed by atoms with Gasteiger partial charge in [0.2, 0.25) is 0 Å². The van der Waals surface area contributed by atoms with Gasteiger partial charge in [-0.3, -0.25) is 19.3 Å². The van der Waals surface area contributed by atoms with Gasteiger partial charge in [0.15, 0.2) is 0 Å². The van der Waals surface area contributed by atoms with Crippen LogP contribution in [0.5, 0.6) is 0 Å². The molecule has 0 spiro atoms. The number of nitriles is 1. The monoisotopic (exact) mass is 468 g/mol. The van der Waals surface area contributed by atoms with Crippen LogP contribution in [0.15, 0.2) is 53.7 Å². The van der Waals surface area contributed by atoms with Gasteiger partial charge >= 0.3 is 5.69 Å². The average Bonchev–Trinajstić information content (AvgIpc) is 3.29. The molecule has 33 heavy (non-hydrogen) atoms. The summed E-state index contributed by atoms with van der Waals surface area (Å²) >= 11 is 0. The number of hydrogen-bond donors (Lipinski definition) is 1. The van der Waals surface area contributed by atoms with Crippen molar-refractivity contribution < 1.29 is 13.3 Å². The molecule has 2 aromatic heterocycles. The van der Waals surface area contributed by atoms with Crippen molar-refractivity contribution in [3.63, 3.8) is 0 Å². The van der Waals surface area contributed by atoms with Crippen molar-refractivity contribution in [1.29, 1.82) is 5.26 Å². The molecule has 172 valence electrons. The molecule has 1 saturated heterocycles. The number of likely N-dealkylation sites (tertiary alicyclic amines) is 1. The first kappa shape index (κ1) is 22.7.